The molecule has 1 fully saturated rings. The molecule has 0 unspecified atom stereocenters. The van der Waals surface area contributed by atoms with Crippen LogP contribution in [0.2, 0.25) is 0 Å². The molecular weight excluding hydrogens is 243 g/mol. The van der Waals surface area contributed by atoms with Crippen LogP contribution in [0.25, 0.3) is 0 Å². The van der Waals surface area contributed by atoms with Crippen LogP contribution in [0.4, 0.5) is 0 Å². The smallest absolute Gasteiger partial charge is 0.400 e. The molecule has 0 aliphatic carbocycles. The van der Waals surface area contributed by atoms with E-state index in [9.17, 15) is 8.42 Å². The average Bonchev–Trinajstić information content (AvgIpc) is 2.31. The van der Waals surface area contributed by atoms with E-state index in [0.29, 0.717) is 5.47 Å². The van der Waals surface area contributed by atoms with Crippen LogP contribution in [0.3, 0.4) is 0 Å². The molecule has 0 N–H and O–H groups in total. The number of hydrogen-bond donors (Lipinski definition) is 0. The predicted molar refractivity (Wildman–Crippen MR) is 66.0 cm³/mol. The second-order valence-corrected chi connectivity index (χ2v) is 6.86. The maximum absolute atomic E-state index is 10.9. The van der Waals surface area contributed by atoms with Crippen molar-refractivity contribution in [1.82, 2.24) is 0 Å². The van der Waals surface area contributed by atoms with Gasteiger partial charge in [0.15, 0.2) is 0 Å². The SMILES string of the molecule is C=C(COS(C)(=O)=O)B1OC(C)(C)C(C)(C)O1. The summed E-state index contributed by atoms with van der Waals surface area (Å²) in [5.74, 6) is 0. The molecule has 0 saturated carbocycles. The van der Waals surface area contributed by atoms with Crippen LogP contribution in [0.5, 0.6) is 0 Å². The molecule has 5 nitrogen and oxygen atoms in total. The van der Waals surface area contributed by atoms with Crippen molar-refractivity contribution in [3.05, 3.63) is 12.1 Å². The summed E-state index contributed by atoms with van der Waals surface area (Å²) < 4.78 is 37.8. The first-order chi connectivity index (χ1) is 7.45. The van der Waals surface area contributed by atoms with Crippen LogP contribution in [0.1, 0.15) is 27.7 Å². The highest BCUT2D eigenvalue weighted by molar-refractivity contribution is 7.86. The van der Waals surface area contributed by atoms with Crippen LogP contribution in [0.15, 0.2) is 12.1 Å². The minimum Gasteiger partial charge on any atom is -0.400 e. The van der Waals surface area contributed by atoms with Crippen molar-refractivity contribution in [2.75, 3.05) is 12.9 Å². The first-order valence-corrected chi connectivity index (χ1v) is 7.14. The summed E-state index contributed by atoms with van der Waals surface area (Å²) in [4.78, 5) is 0. The first kappa shape index (κ1) is 14.7. The van der Waals surface area contributed by atoms with Gasteiger partial charge in [-0.25, -0.2) is 0 Å². The second-order valence-electron chi connectivity index (χ2n) is 5.21. The van der Waals surface area contributed by atoms with Crippen LogP contribution in [-0.4, -0.2) is 39.6 Å². The minimum absolute atomic E-state index is 0.129. The molecule has 0 aromatic carbocycles. The molecule has 0 amide bonds. The second kappa shape index (κ2) is 4.38. The predicted octanol–water partition coefficient (Wildman–Crippen LogP) is 1.15. The van der Waals surface area contributed by atoms with Gasteiger partial charge in [-0.05, 0) is 33.2 Å². The highest BCUT2D eigenvalue weighted by atomic mass is 32.2. The Balaban J connectivity index is 2.63. The average molecular weight is 262 g/mol. The Morgan fingerprint density at radius 2 is 1.65 bits per heavy atom. The van der Waals surface area contributed by atoms with Gasteiger partial charge in [-0.1, -0.05) is 0 Å². The summed E-state index contributed by atoms with van der Waals surface area (Å²) in [5.41, 5.74) is -0.480. The molecule has 1 aliphatic rings. The van der Waals surface area contributed by atoms with Crippen molar-refractivity contribution >= 4 is 17.2 Å². The Labute approximate surface area is 103 Å². The molecule has 0 bridgehead atoms. The van der Waals surface area contributed by atoms with Crippen LogP contribution in [0, 0.1) is 0 Å². The molecule has 7 heteroatoms. The van der Waals surface area contributed by atoms with Crippen molar-refractivity contribution in [3.63, 3.8) is 0 Å². The molecule has 0 spiro atoms. The maximum atomic E-state index is 10.9. The quantitative estimate of drug-likeness (QED) is 0.561. The lowest BCUT2D eigenvalue weighted by atomic mass is 9.80. The number of rotatable bonds is 4. The zero-order valence-corrected chi connectivity index (χ0v) is 11.8. The third-order valence-electron chi connectivity index (χ3n) is 3.04. The van der Waals surface area contributed by atoms with E-state index in [-0.39, 0.29) is 6.61 Å². The first-order valence-electron chi connectivity index (χ1n) is 5.32. The van der Waals surface area contributed by atoms with Gasteiger partial charge in [0.2, 0.25) is 0 Å². The summed E-state index contributed by atoms with van der Waals surface area (Å²) in [7, 11) is -4.12. The van der Waals surface area contributed by atoms with E-state index in [4.69, 9.17) is 9.31 Å². The Kier molecular flexibility index (Phi) is 3.79. The summed E-state index contributed by atoms with van der Waals surface area (Å²) >= 11 is 0. The van der Waals surface area contributed by atoms with Gasteiger partial charge in [0.25, 0.3) is 10.1 Å². The molecular formula is C10H19BO5S. The summed E-state index contributed by atoms with van der Waals surface area (Å²) in [5, 5.41) is 0. The van der Waals surface area contributed by atoms with Gasteiger partial charge in [0, 0.05) is 0 Å². The lowest BCUT2D eigenvalue weighted by Gasteiger charge is -2.32. The largest absolute Gasteiger partial charge is 0.492 e. The zero-order chi connectivity index (χ0) is 13.5. The molecule has 0 radical (unpaired) electrons. The fraction of sp³-hybridized carbons (Fsp3) is 0.800. The van der Waals surface area contributed by atoms with Crippen LogP contribution < -0.4 is 0 Å². The molecule has 0 atom stereocenters. The maximum Gasteiger partial charge on any atom is 0.492 e. The van der Waals surface area contributed by atoms with Crippen molar-refractivity contribution in [1.29, 1.82) is 0 Å². The zero-order valence-electron chi connectivity index (χ0n) is 10.9. The molecule has 0 aromatic rings. The summed E-state index contributed by atoms with van der Waals surface area (Å²) in [6.45, 7) is 11.3. The Bertz CT molecular complexity index is 396. The fourth-order valence-electron chi connectivity index (χ4n) is 1.26. The van der Waals surface area contributed by atoms with Gasteiger partial charge in [0.1, 0.15) is 0 Å². The highest BCUT2D eigenvalue weighted by Crippen LogP contribution is 2.38. The van der Waals surface area contributed by atoms with Crippen LogP contribution in [-0.2, 0) is 23.6 Å². The van der Waals surface area contributed by atoms with Gasteiger partial charge in [-0.15, -0.1) is 6.58 Å². The molecule has 0 aromatic heterocycles. The van der Waals surface area contributed by atoms with E-state index >= 15 is 0 Å². The van der Waals surface area contributed by atoms with Crippen molar-refractivity contribution in [3.8, 4) is 0 Å². The summed E-state index contributed by atoms with van der Waals surface area (Å²) in [6.07, 6.45) is 0.991. The molecule has 1 heterocycles. The van der Waals surface area contributed by atoms with E-state index in [1.807, 2.05) is 27.7 Å². The topological polar surface area (TPSA) is 61.8 Å². The van der Waals surface area contributed by atoms with Gasteiger partial charge in [0.05, 0.1) is 24.1 Å². The molecule has 1 saturated heterocycles. The van der Waals surface area contributed by atoms with Gasteiger partial charge in [-0.2, -0.15) is 8.42 Å². The van der Waals surface area contributed by atoms with Crippen molar-refractivity contribution < 1.29 is 21.9 Å². The van der Waals surface area contributed by atoms with Crippen molar-refractivity contribution in [2.24, 2.45) is 0 Å². The van der Waals surface area contributed by atoms with Gasteiger partial charge >= 0.3 is 7.12 Å². The standard InChI is InChI=1S/C10H19BO5S/c1-8(7-14-17(6,12)13)11-15-9(2,3)10(4,5)16-11/h1,7H2,2-6H3. The van der Waals surface area contributed by atoms with Gasteiger partial charge in [-0.3, -0.25) is 4.18 Å². The Morgan fingerprint density at radius 1 is 1.24 bits per heavy atom. The van der Waals surface area contributed by atoms with Crippen LogP contribution >= 0.6 is 0 Å². The number of hydrogen-bond acceptors (Lipinski definition) is 5. The normalized spacial score (nSPS) is 22.8. The lowest BCUT2D eigenvalue weighted by molar-refractivity contribution is 0.00578. The van der Waals surface area contributed by atoms with E-state index in [0.717, 1.165) is 6.26 Å². The van der Waals surface area contributed by atoms with E-state index in [1.54, 1.807) is 0 Å². The van der Waals surface area contributed by atoms with E-state index in [1.165, 1.54) is 0 Å². The third kappa shape index (κ3) is 3.54. The monoisotopic (exact) mass is 262 g/mol. The molecule has 17 heavy (non-hydrogen) atoms. The van der Waals surface area contributed by atoms with E-state index in [2.05, 4.69) is 10.8 Å². The molecule has 1 rings (SSSR count). The molecule has 98 valence electrons. The van der Waals surface area contributed by atoms with Gasteiger partial charge < -0.3 is 9.31 Å². The van der Waals surface area contributed by atoms with Crippen molar-refractivity contribution in [2.45, 2.75) is 38.9 Å². The third-order valence-corrected chi connectivity index (χ3v) is 3.59. The Morgan fingerprint density at radius 3 is 2.00 bits per heavy atom. The lowest BCUT2D eigenvalue weighted by Crippen LogP contribution is -2.41. The fourth-order valence-corrected chi connectivity index (χ4v) is 1.63. The minimum atomic E-state index is -3.48. The molecule has 1 aliphatic heterocycles. The summed E-state index contributed by atoms with van der Waals surface area (Å²) in [6, 6.07) is 0. The highest BCUT2D eigenvalue weighted by Gasteiger charge is 2.52. The Hall–Kier alpha value is -0.365. The van der Waals surface area contributed by atoms with E-state index < -0.39 is 28.4 Å².